The SMILES string of the molecule is O=C(CCCO)NCCOCCOC12CC3CC(CC(C3)C1)C2. The lowest BCUT2D eigenvalue weighted by Crippen LogP contribution is -2.52. The fourth-order valence-electron chi connectivity index (χ4n) is 5.22. The monoisotopic (exact) mass is 325 g/mol. The molecule has 23 heavy (non-hydrogen) atoms. The van der Waals surface area contributed by atoms with Crippen LogP contribution in [0.4, 0.5) is 0 Å². The van der Waals surface area contributed by atoms with Gasteiger partial charge in [0.2, 0.25) is 5.91 Å². The second kappa shape index (κ2) is 7.95. The van der Waals surface area contributed by atoms with Crippen LogP contribution < -0.4 is 5.32 Å². The van der Waals surface area contributed by atoms with Crippen molar-refractivity contribution in [1.29, 1.82) is 0 Å². The molecule has 4 bridgehead atoms. The average Bonchev–Trinajstić information content (AvgIpc) is 2.50. The summed E-state index contributed by atoms with van der Waals surface area (Å²) in [5.74, 6) is 2.72. The van der Waals surface area contributed by atoms with Gasteiger partial charge in [0.05, 0.1) is 25.4 Å². The number of carbonyl (C=O) groups excluding carboxylic acids is 1. The first-order chi connectivity index (χ1) is 11.2. The van der Waals surface area contributed by atoms with Crippen LogP contribution in [-0.4, -0.2) is 49.6 Å². The average molecular weight is 325 g/mol. The van der Waals surface area contributed by atoms with Gasteiger partial charge in [0, 0.05) is 19.6 Å². The summed E-state index contributed by atoms with van der Waals surface area (Å²) in [6, 6.07) is 0. The number of nitrogens with one attached hydrogen (secondary N) is 1. The first-order valence-corrected chi connectivity index (χ1v) is 9.28. The molecule has 0 aromatic heterocycles. The number of hydrogen-bond acceptors (Lipinski definition) is 4. The van der Waals surface area contributed by atoms with Gasteiger partial charge in [-0.15, -0.1) is 0 Å². The summed E-state index contributed by atoms with van der Waals surface area (Å²) in [4.78, 5) is 11.3. The van der Waals surface area contributed by atoms with E-state index in [-0.39, 0.29) is 18.1 Å². The molecule has 1 amide bonds. The molecule has 0 aliphatic heterocycles. The highest BCUT2D eigenvalue weighted by atomic mass is 16.5. The van der Waals surface area contributed by atoms with Gasteiger partial charge in [-0.2, -0.15) is 0 Å². The van der Waals surface area contributed by atoms with Crippen LogP contribution in [0.25, 0.3) is 0 Å². The van der Waals surface area contributed by atoms with E-state index in [1.54, 1.807) is 0 Å². The van der Waals surface area contributed by atoms with E-state index >= 15 is 0 Å². The van der Waals surface area contributed by atoms with Crippen molar-refractivity contribution in [3.8, 4) is 0 Å². The van der Waals surface area contributed by atoms with Gasteiger partial charge in [0.1, 0.15) is 0 Å². The highest BCUT2D eigenvalue weighted by Crippen LogP contribution is 2.57. The molecule has 0 unspecified atom stereocenters. The molecule has 2 N–H and O–H groups in total. The molecule has 0 saturated heterocycles. The van der Waals surface area contributed by atoms with E-state index in [1.165, 1.54) is 38.5 Å². The first-order valence-electron chi connectivity index (χ1n) is 9.28. The van der Waals surface area contributed by atoms with Gasteiger partial charge in [0.15, 0.2) is 0 Å². The highest BCUT2D eigenvalue weighted by Gasteiger charge is 2.51. The molecule has 4 aliphatic rings. The van der Waals surface area contributed by atoms with Gasteiger partial charge in [0.25, 0.3) is 0 Å². The highest BCUT2D eigenvalue weighted by molar-refractivity contribution is 5.75. The Morgan fingerprint density at radius 1 is 1.04 bits per heavy atom. The zero-order chi connectivity index (χ0) is 16.1. The predicted molar refractivity (Wildman–Crippen MR) is 87.0 cm³/mol. The summed E-state index contributed by atoms with van der Waals surface area (Å²) in [5.41, 5.74) is 0.163. The maximum atomic E-state index is 11.3. The summed E-state index contributed by atoms with van der Waals surface area (Å²) in [6.45, 7) is 2.39. The molecule has 4 saturated carbocycles. The van der Waals surface area contributed by atoms with Crippen LogP contribution in [0.15, 0.2) is 0 Å². The van der Waals surface area contributed by atoms with Gasteiger partial charge < -0.3 is 19.9 Å². The van der Waals surface area contributed by atoms with E-state index < -0.39 is 0 Å². The number of carbonyl (C=O) groups is 1. The molecule has 4 fully saturated rings. The molecular weight excluding hydrogens is 294 g/mol. The van der Waals surface area contributed by atoms with E-state index in [2.05, 4.69) is 5.32 Å². The zero-order valence-corrected chi connectivity index (χ0v) is 14.1. The molecule has 0 heterocycles. The summed E-state index contributed by atoms with van der Waals surface area (Å²) in [7, 11) is 0. The van der Waals surface area contributed by atoms with Crippen LogP contribution in [0, 0.1) is 17.8 Å². The van der Waals surface area contributed by atoms with Gasteiger partial charge in [-0.1, -0.05) is 0 Å². The fourth-order valence-corrected chi connectivity index (χ4v) is 5.22. The lowest BCUT2D eigenvalue weighted by Gasteiger charge is -2.56. The van der Waals surface area contributed by atoms with Gasteiger partial charge in [-0.25, -0.2) is 0 Å². The van der Waals surface area contributed by atoms with Gasteiger partial charge in [-0.05, 0) is 62.7 Å². The lowest BCUT2D eigenvalue weighted by atomic mass is 9.54. The largest absolute Gasteiger partial charge is 0.396 e. The van der Waals surface area contributed by atoms with Crippen LogP contribution in [0.1, 0.15) is 51.4 Å². The fraction of sp³-hybridized carbons (Fsp3) is 0.944. The van der Waals surface area contributed by atoms with Crippen molar-refractivity contribution in [2.24, 2.45) is 17.8 Å². The van der Waals surface area contributed by atoms with Crippen molar-refractivity contribution in [3.05, 3.63) is 0 Å². The molecule has 0 atom stereocenters. The minimum absolute atomic E-state index is 0.0209. The van der Waals surface area contributed by atoms with Gasteiger partial charge >= 0.3 is 0 Å². The zero-order valence-electron chi connectivity index (χ0n) is 14.1. The Labute approximate surface area is 139 Å². The summed E-state index contributed by atoms with van der Waals surface area (Å²) < 4.78 is 11.8. The molecule has 0 aromatic carbocycles. The maximum absolute atomic E-state index is 11.3. The Hall–Kier alpha value is -0.650. The number of amides is 1. The van der Waals surface area contributed by atoms with Crippen molar-refractivity contribution in [2.45, 2.75) is 57.0 Å². The number of aliphatic hydroxyl groups excluding tert-OH is 1. The van der Waals surface area contributed by atoms with Crippen LogP contribution in [0.5, 0.6) is 0 Å². The van der Waals surface area contributed by atoms with E-state index in [4.69, 9.17) is 14.6 Å². The summed E-state index contributed by atoms with van der Waals surface area (Å²) in [6.07, 6.45) is 9.01. The third-order valence-corrected chi connectivity index (χ3v) is 5.75. The standard InChI is InChI=1S/C18H31NO4/c20-4-1-2-17(21)19-3-5-22-6-7-23-18-11-14-8-15(12-18)10-16(9-14)13-18/h14-16,20H,1-13H2,(H,19,21). The summed E-state index contributed by atoms with van der Waals surface area (Å²) >= 11 is 0. The summed E-state index contributed by atoms with van der Waals surface area (Å²) in [5, 5.41) is 11.4. The Kier molecular flexibility index (Phi) is 5.94. The Morgan fingerprint density at radius 3 is 2.30 bits per heavy atom. The van der Waals surface area contributed by atoms with Gasteiger partial charge in [-0.3, -0.25) is 4.79 Å². The Morgan fingerprint density at radius 2 is 1.70 bits per heavy atom. The molecule has 5 nitrogen and oxygen atoms in total. The smallest absolute Gasteiger partial charge is 0.220 e. The number of aliphatic hydroxyl groups is 1. The molecule has 5 heteroatoms. The Bertz CT molecular complexity index is 363. The number of ether oxygens (including phenoxy) is 2. The molecule has 4 rings (SSSR count). The molecular formula is C18H31NO4. The lowest BCUT2D eigenvalue weighted by molar-refractivity contribution is -0.168. The molecule has 0 aromatic rings. The second-order valence-electron chi connectivity index (χ2n) is 7.74. The minimum atomic E-state index is -0.0209. The maximum Gasteiger partial charge on any atom is 0.220 e. The van der Waals surface area contributed by atoms with Crippen LogP contribution >= 0.6 is 0 Å². The van der Waals surface area contributed by atoms with Crippen molar-refractivity contribution in [2.75, 3.05) is 33.0 Å². The van der Waals surface area contributed by atoms with Crippen LogP contribution in [0.3, 0.4) is 0 Å². The van der Waals surface area contributed by atoms with Crippen molar-refractivity contribution < 1.29 is 19.4 Å². The minimum Gasteiger partial charge on any atom is -0.396 e. The van der Waals surface area contributed by atoms with E-state index in [1.807, 2.05) is 0 Å². The predicted octanol–water partition coefficient (Wildman–Crippen LogP) is 1.88. The van der Waals surface area contributed by atoms with E-state index in [0.717, 1.165) is 17.8 Å². The molecule has 0 spiro atoms. The third-order valence-electron chi connectivity index (χ3n) is 5.75. The Balaban J connectivity index is 1.24. The van der Waals surface area contributed by atoms with Crippen LogP contribution in [0.2, 0.25) is 0 Å². The normalized spacial score (nSPS) is 34.7. The van der Waals surface area contributed by atoms with Crippen molar-refractivity contribution in [1.82, 2.24) is 5.32 Å². The molecule has 4 aliphatic carbocycles. The van der Waals surface area contributed by atoms with Crippen molar-refractivity contribution >= 4 is 5.91 Å². The molecule has 0 radical (unpaired) electrons. The number of hydrogen-bond donors (Lipinski definition) is 2. The first kappa shape index (κ1) is 17.2. The van der Waals surface area contributed by atoms with E-state index in [0.29, 0.717) is 39.2 Å². The quantitative estimate of drug-likeness (QED) is 0.602. The number of rotatable bonds is 10. The second-order valence-corrected chi connectivity index (χ2v) is 7.74. The van der Waals surface area contributed by atoms with Crippen LogP contribution in [-0.2, 0) is 14.3 Å². The topological polar surface area (TPSA) is 67.8 Å². The third kappa shape index (κ3) is 4.68. The molecule has 132 valence electrons. The van der Waals surface area contributed by atoms with E-state index in [9.17, 15) is 4.79 Å². The van der Waals surface area contributed by atoms with Crippen molar-refractivity contribution in [3.63, 3.8) is 0 Å².